The van der Waals surface area contributed by atoms with E-state index in [1.54, 1.807) is 14.2 Å². The van der Waals surface area contributed by atoms with Crippen LogP contribution in [0, 0.1) is 0 Å². The van der Waals surface area contributed by atoms with Crippen molar-refractivity contribution in [2.75, 3.05) is 14.2 Å². The van der Waals surface area contributed by atoms with Gasteiger partial charge in [0.05, 0.1) is 19.6 Å². The molecule has 0 N–H and O–H groups in total. The van der Waals surface area contributed by atoms with Gasteiger partial charge in [-0.25, -0.2) is 0 Å². The average molecular weight is 356 g/mol. The molecule has 1 atom stereocenters. The van der Waals surface area contributed by atoms with Crippen LogP contribution in [0.1, 0.15) is 16.5 Å². The van der Waals surface area contributed by atoms with Crippen molar-refractivity contribution in [3.05, 3.63) is 58.1 Å². The summed E-state index contributed by atoms with van der Waals surface area (Å²) in [5.41, 5.74) is 2.05. The van der Waals surface area contributed by atoms with E-state index in [0.29, 0.717) is 6.42 Å². The number of halogens is 2. The van der Waals surface area contributed by atoms with Gasteiger partial charge in [-0.1, -0.05) is 34.1 Å². The maximum atomic E-state index is 6.57. The van der Waals surface area contributed by atoms with Crippen molar-refractivity contribution in [1.82, 2.24) is 0 Å². The molecule has 2 aromatic carbocycles. The molecule has 0 fully saturated rings. The number of para-hydroxylation sites is 1. The summed E-state index contributed by atoms with van der Waals surface area (Å²) in [6.45, 7) is 0. The Labute approximate surface area is 132 Å². The third-order valence-electron chi connectivity index (χ3n) is 3.12. The summed E-state index contributed by atoms with van der Waals surface area (Å²) >= 11 is 10.0. The van der Waals surface area contributed by atoms with E-state index in [2.05, 4.69) is 15.9 Å². The molecule has 0 saturated heterocycles. The van der Waals surface area contributed by atoms with Gasteiger partial charge >= 0.3 is 0 Å². The molecule has 0 heterocycles. The highest BCUT2D eigenvalue weighted by molar-refractivity contribution is 9.10. The number of methoxy groups -OCH3 is 2. The predicted molar refractivity (Wildman–Crippen MR) is 86.0 cm³/mol. The zero-order valence-electron chi connectivity index (χ0n) is 11.4. The van der Waals surface area contributed by atoms with E-state index in [9.17, 15) is 0 Å². The summed E-state index contributed by atoms with van der Waals surface area (Å²) in [6, 6.07) is 13.7. The molecule has 0 aliphatic carbocycles. The Kier molecular flexibility index (Phi) is 5.32. The van der Waals surface area contributed by atoms with Gasteiger partial charge in [0.2, 0.25) is 0 Å². The minimum absolute atomic E-state index is 0.182. The van der Waals surface area contributed by atoms with E-state index in [-0.39, 0.29) is 5.38 Å². The highest BCUT2D eigenvalue weighted by Gasteiger charge is 2.16. The summed E-state index contributed by atoms with van der Waals surface area (Å²) in [4.78, 5) is 0. The highest BCUT2D eigenvalue weighted by atomic mass is 79.9. The number of ether oxygens (including phenoxy) is 2. The molecule has 0 radical (unpaired) electrons. The molecule has 20 heavy (non-hydrogen) atoms. The van der Waals surface area contributed by atoms with Crippen molar-refractivity contribution in [3.63, 3.8) is 0 Å². The van der Waals surface area contributed by atoms with E-state index in [4.69, 9.17) is 21.1 Å². The maximum absolute atomic E-state index is 6.57. The third kappa shape index (κ3) is 3.47. The molecule has 2 rings (SSSR count). The molecule has 2 nitrogen and oxygen atoms in total. The Morgan fingerprint density at radius 1 is 1.05 bits per heavy atom. The molecule has 0 bridgehead atoms. The first-order chi connectivity index (χ1) is 9.65. The predicted octanol–water partition coefficient (Wildman–Crippen LogP) is 4.99. The second kappa shape index (κ2) is 7.00. The van der Waals surface area contributed by atoms with E-state index in [1.807, 2.05) is 42.5 Å². The molecule has 0 spiro atoms. The minimum Gasteiger partial charge on any atom is -0.496 e. The largest absolute Gasteiger partial charge is 0.496 e. The van der Waals surface area contributed by atoms with Crippen molar-refractivity contribution in [3.8, 4) is 11.5 Å². The van der Waals surface area contributed by atoms with Crippen LogP contribution in [0.15, 0.2) is 46.9 Å². The number of benzene rings is 2. The molecule has 106 valence electrons. The lowest BCUT2D eigenvalue weighted by molar-refractivity contribution is 0.405. The van der Waals surface area contributed by atoms with Gasteiger partial charge in [-0.2, -0.15) is 0 Å². The number of rotatable bonds is 5. The van der Waals surface area contributed by atoms with Gasteiger partial charge in [-0.3, -0.25) is 0 Å². The lowest BCUT2D eigenvalue weighted by Gasteiger charge is -2.16. The smallest absolute Gasteiger partial charge is 0.123 e. The lowest BCUT2D eigenvalue weighted by Crippen LogP contribution is -2.01. The van der Waals surface area contributed by atoms with Crippen molar-refractivity contribution in [2.24, 2.45) is 0 Å². The van der Waals surface area contributed by atoms with Crippen LogP contribution in [-0.2, 0) is 6.42 Å². The number of alkyl halides is 1. The van der Waals surface area contributed by atoms with Crippen molar-refractivity contribution < 1.29 is 9.47 Å². The van der Waals surface area contributed by atoms with Crippen LogP contribution in [-0.4, -0.2) is 14.2 Å². The van der Waals surface area contributed by atoms with E-state index >= 15 is 0 Å². The Bertz CT molecular complexity index is 586. The first-order valence-corrected chi connectivity index (χ1v) is 7.48. The fraction of sp³-hybridized carbons (Fsp3) is 0.250. The van der Waals surface area contributed by atoms with Crippen LogP contribution >= 0.6 is 27.5 Å². The topological polar surface area (TPSA) is 18.5 Å². The van der Waals surface area contributed by atoms with Crippen LogP contribution in [0.4, 0.5) is 0 Å². The first kappa shape index (κ1) is 15.2. The Hall–Kier alpha value is -1.19. The molecule has 0 aliphatic heterocycles. The van der Waals surface area contributed by atoms with Crippen LogP contribution in [0.2, 0.25) is 0 Å². The standard InChI is InChI=1S/C16H16BrClO2/c1-19-15-6-4-3-5-11(15)9-14(18)13-10-12(17)7-8-16(13)20-2/h3-8,10,14H,9H2,1-2H3. The van der Waals surface area contributed by atoms with Crippen LogP contribution in [0.3, 0.4) is 0 Å². The monoisotopic (exact) mass is 354 g/mol. The summed E-state index contributed by atoms with van der Waals surface area (Å²) < 4.78 is 11.7. The molecule has 1 unspecified atom stereocenters. The quantitative estimate of drug-likeness (QED) is 0.704. The SMILES string of the molecule is COc1ccccc1CC(Cl)c1cc(Br)ccc1OC. The highest BCUT2D eigenvalue weighted by Crippen LogP contribution is 2.36. The van der Waals surface area contributed by atoms with Gasteiger partial charge in [-0.15, -0.1) is 11.6 Å². The zero-order chi connectivity index (χ0) is 14.5. The van der Waals surface area contributed by atoms with Crippen LogP contribution in [0.5, 0.6) is 11.5 Å². The lowest BCUT2D eigenvalue weighted by atomic mass is 10.0. The molecular formula is C16H16BrClO2. The second-order valence-corrected chi connectivity index (χ2v) is 5.81. The van der Waals surface area contributed by atoms with E-state index in [0.717, 1.165) is 27.1 Å². The molecule has 2 aromatic rings. The Morgan fingerprint density at radius 2 is 1.75 bits per heavy atom. The molecule has 0 amide bonds. The van der Waals surface area contributed by atoms with Gasteiger partial charge in [-0.05, 0) is 36.2 Å². The fourth-order valence-electron chi connectivity index (χ4n) is 2.12. The van der Waals surface area contributed by atoms with Crippen LogP contribution in [0.25, 0.3) is 0 Å². The summed E-state index contributed by atoms with van der Waals surface area (Å²) in [7, 11) is 3.32. The van der Waals surface area contributed by atoms with Crippen molar-refractivity contribution in [2.45, 2.75) is 11.8 Å². The van der Waals surface area contributed by atoms with Gasteiger partial charge in [0, 0.05) is 10.0 Å². The van der Waals surface area contributed by atoms with Gasteiger partial charge in [0.15, 0.2) is 0 Å². The second-order valence-electron chi connectivity index (χ2n) is 4.37. The molecule has 0 saturated carbocycles. The molecule has 0 aromatic heterocycles. The minimum atomic E-state index is -0.182. The normalized spacial score (nSPS) is 12.0. The molecular weight excluding hydrogens is 340 g/mol. The van der Waals surface area contributed by atoms with Gasteiger partial charge in [0.1, 0.15) is 11.5 Å². The van der Waals surface area contributed by atoms with Crippen LogP contribution < -0.4 is 9.47 Å². The summed E-state index contributed by atoms with van der Waals surface area (Å²) in [5.74, 6) is 1.65. The zero-order valence-corrected chi connectivity index (χ0v) is 13.7. The van der Waals surface area contributed by atoms with Gasteiger partial charge in [0.25, 0.3) is 0 Å². The Morgan fingerprint density at radius 3 is 2.45 bits per heavy atom. The van der Waals surface area contributed by atoms with E-state index in [1.165, 1.54) is 0 Å². The summed E-state index contributed by atoms with van der Waals surface area (Å²) in [5, 5.41) is -0.182. The third-order valence-corrected chi connectivity index (χ3v) is 4.00. The summed E-state index contributed by atoms with van der Waals surface area (Å²) in [6.07, 6.45) is 0.679. The van der Waals surface area contributed by atoms with Crippen molar-refractivity contribution >= 4 is 27.5 Å². The first-order valence-electron chi connectivity index (χ1n) is 6.25. The maximum Gasteiger partial charge on any atom is 0.123 e. The molecule has 0 aliphatic rings. The van der Waals surface area contributed by atoms with Crippen molar-refractivity contribution in [1.29, 1.82) is 0 Å². The van der Waals surface area contributed by atoms with E-state index < -0.39 is 0 Å². The number of hydrogen-bond acceptors (Lipinski definition) is 2. The van der Waals surface area contributed by atoms with Gasteiger partial charge < -0.3 is 9.47 Å². The fourth-order valence-corrected chi connectivity index (χ4v) is 2.84. The number of hydrogen-bond donors (Lipinski definition) is 0. The molecule has 4 heteroatoms. The Balaban J connectivity index is 2.28. The average Bonchev–Trinajstić information content (AvgIpc) is 2.47.